The highest BCUT2D eigenvalue weighted by molar-refractivity contribution is 14.1. The van der Waals surface area contributed by atoms with Crippen molar-refractivity contribution in [3.05, 3.63) is 27.5 Å². The first-order chi connectivity index (χ1) is 7.70. The van der Waals surface area contributed by atoms with Gasteiger partial charge < -0.3 is 9.26 Å². The van der Waals surface area contributed by atoms with Crippen molar-refractivity contribution in [2.75, 3.05) is 6.61 Å². The van der Waals surface area contributed by atoms with Crippen LogP contribution >= 0.6 is 22.6 Å². The van der Waals surface area contributed by atoms with E-state index in [1.807, 2.05) is 18.2 Å². The molecular weight excluding hydrogens is 321 g/mol. The van der Waals surface area contributed by atoms with Gasteiger partial charge in [-0.15, -0.1) is 0 Å². The number of fused-ring (bicyclic) bond motifs is 1. The van der Waals surface area contributed by atoms with Crippen LogP contribution < -0.4 is 0 Å². The first-order valence-corrected chi connectivity index (χ1v) is 5.98. The number of hydrogen-bond acceptors (Lipinski definition) is 4. The molecule has 0 saturated heterocycles. The molecule has 4 nitrogen and oxygen atoms in total. The Morgan fingerprint density at radius 2 is 2.38 bits per heavy atom. The first kappa shape index (κ1) is 11.4. The maximum atomic E-state index is 11.3. The number of carbonyl (C=O) groups is 1. The fraction of sp³-hybridized carbons (Fsp3) is 0.273. The maximum absolute atomic E-state index is 11.3. The van der Waals surface area contributed by atoms with Gasteiger partial charge in [0.1, 0.15) is 5.69 Å². The van der Waals surface area contributed by atoms with E-state index >= 15 is 0 Å². The summed E-state index contributed by atoms with van der Waals surface area (Å²) in [5.74, 6) is -0.281. The van der Waals surface area contributed by atoms with Gasteiger partial charge >= 0.3 is 5.97 Å². The highest BCUT2D eigenvalue weighted by Crippen LogP contribution is 2.21. The molecule has 0 atom stereocenters. The van der Waals surface area contributed by atoms with E-state index in [-0.39, 0.29) is 12.4 Å². The predicted octanol–water partition coefficient (Wildman–Crippen LogP) is 2.54. The van der Waals surface area contributed by atoms with Gasteiger partial charge in [-0.3, -0.25) is 4.79 Å². The van der Waals surface area contributed by atoms with Crippen molar-refractivity contribution in [1.29, 1.82) is 0 Å². The lowest BCUT2D eigenvalue weighted by atomic mass is 10.2. The molecule has 5 heteroatoms. The van der Waals surface area contributed by atoms with Crippen LogP contribution in [0.25, 0.3) is 11.0 Å². The van der Waals surface area contributed by atoms with Crippen LogP contribution in [0.2, 0.25) is 0 Å². The average molecular weight is 331 g/mol. The third-order valence-electron chi connectivity index (χ3n) is 2.12. The summed E-state index contributed by atoms with van der Waals surface area (Å²) in [6.07, 6.45) is 0.154. The first-order valence-electron chi connectivity index (χ1n) is 4.90. The third kappa shape index (κ3) is 2.34. The van der Waals surface area contributed by atoms with E-state index in [2.05, 4.69) is 27.7 Å². The van der Waals surface area contributed by atoms with Crippen LogP contribution in [0.15, 0.2) is 22.7 Å². The number of benzene rings is 1. The largest absolute Gasteiger partial charge is 0.466 e. The van der Waals surface area contributed by atoms with Crippen LogP contribution in [0.5, 0.6) is 0 Å². The summed E-state index contributed by atoms with van der Waals surface area (Å²) in [5, 5.41) is 4.75. The van der Waals surface area contributed by atoms with Gasteiger partial charge in [0.2, 0.25) is 0 Å². The van der Waals surface area contributed by atoms with Gasteiger partial charge in [-0.25, -0.2) is 0 Å². The fourth-order valence-electron chi connectivity index (χ4n) is 1.44. The molecular formula is C11H10INO3. The number of ether oxygens (including phenoxy) is 1. The van der Waals surface area contributed by atoms with E-state index < -0.39 is 0 Å². The summed E-state index contributed by atoms with van der Waals surface area (Å²) in [6, 6.07) is 5.72. The standard InChI is InChI=1S/C11H10INO3/c1-2-15-11(14)6-9-8-5-7(12)3-4-10(8)16-13-9/h3-5H,2,6H2,1H3. The van der Waals surface area contributed by atoms with E-state index in [9.17, 15) is 4.79 Å². The number of aromatic nitrogens is 1. The highest BCUT2D eigenvalue weighted by atomic mass is 127. The molecule has 0 aliphatic heterocycles. The van der Waals surface area contributed by atoms with Crippen LogP contribution in [-0.4, -0.2) is 17.7 Å². The second-order valence-corrected chi connectivity index (χ2v) is 4.50. The quantitative estimate of drug-likeness (QED) is 0.641. The summed E-state index contributed by atoms with van der Waals surface area (Å²) in [5.41, 5.74) is 1.33. The zero-order chi connectivity index (χ0) is 11.5. The number of halogens is 1. The second kappa shape index (κ2) is 4.82. The van der Waals surface area contributed by atoms with Crippen LogP contribution in [0.4, 0.5) is 0 Å². The number of carbonyl (C=O) groups excluding carboxylic acids is 1. The number of rotatable bonds is 3. The average Bonchev–Trinajstić information content (AvgIpc) is 2.61. The molecule has 0 aliphatic carbocycles. The molecule has 0 amide bonds. The number of hydrogen-bond donors (Lipinski definition) is 0. The molecule has 1 aromatic heterocycles. The molecule has 1 aromatic carbocycles. The molecule has 0 bridgehead atoms. The van der Waals surface area contributed by atoms with Crippen molar-refractivity contribution < 1.29 is 14.1 Å². The van der Waals surface area contributed by atoms with Gasteiger partial charge in [0.25, 0.3) is 0 Å². The van der Waals surface area contributed by atoms with Gasteiger partial charge in [-0.1, -0.05) is 5.16 Å². The summed E-state index contributed by atoms with van der Waals surface area (Å²) in [7, 11) is 0. The molecule has 0 saturated carbocycles. The Bertz CT molecular complexity index is 521. The minimum Gasteiger partial charge on any atom is -0.466 e. The number of esters is 1. The SMILES string of the molecule is CCOC(=O)Cc1noc2ccc(I)cc12. The van der Waals surface area contributed by atoms with Crippen molar-refractivity contribution in [2.24, 2.45) is 0 Å². The van der Waals surface area contributed by atoms with Crippen LogP contribution in [-0.2, 0) is 16.0 Å². The minimum absolute atomic E-state index is 0.154. The van der Waals surface area contributed by atoms with Crippen LogP contribution in [0, 0.1) is 3.57 Å². The van der Waals surface area contributed by atoms with Crippen LogP contribution in [0.1, 0.15) is 12.6 Å². The van der Waals surface area contributed by atoms with E-state index in [1.54, 1.807) is 6.92 Å². The summed E-state index contributed by atoms with van der Waals surface area (Å²) in [4.78, 5) is 11.3. The van der Waals surface area contributed by atoms with Gasteiger partial charge in [0.05, 0.1) is 13.0 Å². The van der Waals surface area contributed by atoms with E-state index in [1.165, 1.54) is 0 Å². The Hall–Kier alpha value is -1.11. The maximum Gasteiger partial charge on any atom is 0.312 e. The molecule has 0 unspecified atom stereocenters. The van der Waals surface area contributed by atoms with E-state index in [0.29, 0.717) is 17.9 Å². The Balaban J connectivity index is 2.30. The van der Waals surface area contributed by atoms with Crippen molar-refractivity contribution in [3.8, 4) is 0 Å². The molecule has 2 aromatic rings. The summed E-state index contributed by atoms with van der Waals surface area (Å²) < 4.78 is 11.1. The van der Waals surface area contributed by atoms with Crippen molar-refractivity contribution in [2.45, 2.75) is 13.3 Å². The lowest BCUT2D eigenvalue weighted by Gasteiger charge is -1.98. The smallest absolute Gasteiger partial charge is 0.312 e. The lowest BCUT2D eigenvalue weighted by Crippen LogP contribution is -2.07. The zero-order valence-corrected chi connectivity index (χ0v) is 10.9. The molecule has 0 radical (unpaired) electrons. The van der Waals surface area contributed by atoms with Crippen molar-refractivity contribution in [3.63, 3.8) is 0 Å². The second-order valence-electron chi connectivity index (χ2n) is 3.25. The molecule has 0 aliphatic rings. The van der Waals surface area contributed by atoms with E-state index in [4.69, 9.17) is 9.26 Å². The van der Waals surface area contributed by atoms with Crippen molar-refractivity contribution >= 4 is 39.5 Å². The Morgan fingerprint density at radius 1 is 1.56 bits per heavy atom. The summed E-state index contributed by atoms with van der Waals surface area (Å²) in [6.45, 7) is 2.16. The molecule has 2 rings (SSSR count). The van der Waals surface area contributed by atoms with Gasteiger partial charge in [0, 0.05) is 8.96 Å². The third-order valence-corrected chi connectivity index (χ3v) is 2.79. The minimum atomic E-state index is -0.281. The number of nitrogens with zero attached hydrogens (tertiary/aromatic N) is 1. The topological polar surface area (TPSA) is 52.3 Å². The molecule has 84 valence electrons. The Labute approximate surface area is 106 Å². The monoisotopic (exact) mass is 331 g/mol. The normalized spacial score (nSPS) is 10.6. The molecule has 0 N–H and O–H groups in total. The fourth-order valence-corrected chi connectivity index (χ4v) is 1.93. The molecule has 0 spiro atoms. The van der Waals surface area contributed by atoms with Crippen molar-refractivity contribution in [1.82, 2.24) is 5.16 Å². The molecule has 0 fully saturated rings. The highest BCUT2D eigenvalue weighted by Gasteiger charge is 2.13. The van der Waals surface area contributed by atoms with Gasteiger partial charge in [0.15, 0.2) is 5.58 Å². The molecule has 16 heavy (non-hydrogen) atoms. The lowest BCUT2D eigenvalue weighted by molar-refractivity contribution is -0.142. The predicted molar refractivity (Wildman–Crippen MR) is 67.1 cm³/mol. The zero-order valence-electron chi connectivity index (χ0n) is 8.70. The van der Waals surface area contributed by atoms with Crippen LogP contribution in [0.3, 0.4) is 0 Å². The van der Waals surface area contributed by atoms with E-state index in [0.717, 1.165) is 8.96 Å². The van der Waals surface area contributed by atoms with Gasteiger partial charge in [-0.05, 0) is 47.7 Å². The Kier molecular flexibility index (Phi) is 3.42. The Morgan fingerprint density at radius 3 is 3.12 bits per heavy atom. The molecule has 1 heterocycles. The summed E-state index contributed by atoms with van der Waals surface area (Å²) >= 11 is 2.21. The van der Waals surface area contributed by atoms with Gasteiger partial charge in [-0.2, -0.15) is 0 Å².